The van der Waals surface area contributed by atoms with Crippen LogP contribution in [-0.4, -0.2) is 27.8 Å². The fraction of sp³-hybridized carbons (Fsp3) is 0.237. The Kier molecular flexibility index (Phi) is 9.80. The molecule has 1 unspecified atom stereocenters. The number of halogens is 1. The number of nitrogens with zero attached hydrogens (tertiary/aromatic N) is 3. The van der Waals surface area contributed by atoms with Crippen molar-refractivity contribution in [2.75, 3.05) is 17.7 Å². The first-order valence-electron chi connectivity index (χ1n) is 15.7. The molecule has 6 rings (SSSR count). The summed E-state index contributed by atoms with van der Waals surface area (Å²) in [5.74, 6) is 2.05. The number of fused-ring (bicyclic) bond motifs is 1. The SMILES string of the molecule is COc1cc(C2C(C(=O)Nc3cccc(C)c3)=C(C)Nc3nc(SCc4ccccc4Cl)nn32)ccc1OCc1cc(C)c(C)cc1C. The van der Waals surface area contributed by atoms with Crippen molar-refractivity contribution in [3.8, 4) is 11.5 Å². The molecule has 2 heterocycles. The maximum atomic E-state index is 14.1. The number of ether oxygens (including phenoxy) is 2. The number of methoxy groups -OCH3 is 1. The highest BCUT2D eigenvalue weighted by molar-refractivity contribution is 7.98. The predicted molar refractivity (Wildman–Crippen MR) is 193 cm³/mol. The molecule has 10 heteroatoms. The minimum Gasteiger partial charge on any atom is -0.493 e. The largest absolute Gasteiger partial charge is 0.493 e. The van der Waals surface area contributed by atoms with Crippen LogP contribution < -0.4 is 20.1 Å². The first-order chi connectivity index (χ1) is 23.1. The van der Waals surface area contributed by atoms with E-state index in [0.717, 1.165) is 22.3 Å². The van der Waals surface area contributed by atoms with Gasteiger partial charge in [-0.1, -0.05) is 71.9 Å². The number of allylic oxidation sites excluding steroid dienone is 1. The number of hydrogen-bond donors (Lipinski definition) is 2. The third-order valence-corrected chi connectivity index (χ3v) is 9.76. The molecule has 4 aromatic carbocycles. The summed E-state index contributed by atoms with van der Waals surface area (Å²) in [6.07, 6.45) is 0. The van der Waals surface area contributed by atoms with Gasteiger partial charge in [0.25, 0.3) is 5.91 Å². The van der Waals surface area contributed by atoms with Crippen LogP contribution in [-0.2, 0) is 17.2 Å². The van der Waals surface area contributed by atoms with Gasteiger partial charge < -0.3 is 20.1 Å². The van der Waals surface area contributed by atoms with E-state index in [-0.39, 0.29) is 5.91 Å². The number of nitrogens with one attached hydrogen (secondary N) is 2. The molecule has 246 valence electrons. The Balaban J connectivity index is 1.35. The molecule has 1 aromatic heterocycles. The number of thioether (sulfide) groups is 1. The summed E-state index contributed by atoms with van der Waals surface area (Å²) in [6.45, 7) is 10.6. The number of aromatic nitrogens is 3. The predicted octanol–water partition coefficient (Wildman–Crippen LogP) is 8.97. The highest BCUT2D eigenvalue weighted by atomic mass is 35.5. The Labute approximate surface area is 290 Å². The zero-order valence-corrected chi connectivity index (χ0v) is 29.4. The van der Waals surface area contributed by atoms with Gasteiger partial charge in [0.2, 0.25) is 11.1 Å². The Bertz CT molecular complexity index is 2040. The van der Waals surface area contributed by atoms with E-state index in [1.807, 2.05) is 80.6 Å². The maximum absolute atomic E-state index is 14.1. The minimum atomic E-state index is -0.599. The highest BCUT2D eigenvalue weighted by Gasteiger charge is 2.35. The molecule has 0 spiro atoms. The van der Waals surface area contributed by atoms with Crippen LogP contribution in [0.3, 0.4) is 0 Å². The zero-order chi connectivity index (χ0) is 33.9. The van der Waals surface area contributed by atoms with Gasteiger partial charge in [0.15, 0.2) is 11.5 Å². The van der Waals surface area contributed by atoms with E-state index in [9.17, 15) is 4.79 Å². The molecule has 0 radical (unpaired) electrons. The molecular weight excluding hydrogens is 642 g/mol. The summed E-state index contributed by atoms with van der Waals surface area (Å²) in [4.78, 5) is 18.8. The molecule has 1 aliphatic rings. The van der Waals surface area contributed by atoms with Gasteiger partial charge >= 0.3 is 0 Å². The maximum Gasteiger partial charge on any atom is 0.255 e. The van der Waals surface area contributed by atoms with Crippen molar-refractivity contribution < 1.29 is 14.3 Å². The van der Waals surface area contributed by atoms with Crippen LogP contribution in [0.2, 0.25) is 5.02 Å². The second-order valence-electron chi connectivity index (χ2n) is 12.0. The molecule has 0 saturated heterocycles. The van der Waals surface area contributed by atoms with Gasteiger partial charge in [0.1, 0.15) is 12.6 Å². The van der Waals surface area contributed by atoms with E-state index in [0.29, 0.717) is 56.9 Å². The average Bonchev–Trinajstić information content (AvgIpc) is 3.47. The normalized spacial score (nSPS) is 13.9. The number of anilines is 2. The quantitative estimate of drug-likeness (QED) is 0.142. The molecule has 5 aromatic rings. The van der Waals surface area contributed by atoms with E-state index in [1.165, 1.54) is 28.5 Å². The van der Waals surface area contributed by atoms with Gasteiger partial charge in [-0.2, -0.15) is 4.98 Å². The first-order valence-corrected chi connectivity index (χ1v) is 17.0. The zero-order valence-electron chi connectivity index (χ0n) is 27.8. The molecule has 0 saturated carbocycles. The van der Waals surface area contributed by atoms with E-state index < -0.39 is 6.04 Å². The van der Waals surface area contributed by atoms with Crippen LogP contribution in [0.15, 0.2) is 95.3 Å². The van der Waals surface area contributed by atoms with Crippen molar-refractivity contribution in [2.45, 2.75) is 58.2 Å². The molecular formula is C38H38ClN5O3S. The third kappa shape index (κ3) is 7.07. The van der Waals surface area contributed by atoms with Gasteiger partial charge in [0.05, 0.1) is 12.7 Å². The molecule has 8 nitrogen and oxygen atoms in total. The van der Waals surface area contributed by atoms with Crippen LogP contribution in [0.25, 0.3) is 0 Å². The molecule has 1 aliphatic heterocycles. The number of rotatable bonds is 10. The van der Waals surface area contributed by atoms with Crippen molar-refractivity contribution >= 4 is 40.9 Å². The lowest BCUT2D eigenvalue weighted by atomic mass is 9.94. The van der Waals surface area contributed by atoms with Crippen molar-refractivity contribution in [3.63, 3.8) is 0 Å². The number of amides is 1. The van der Waals surface area contributed by atoms with Crippen LogP contribution in [0.4, 0.5) is 11.6 Å². The molecule has 48 heavy (non-hydrogen) atoms. The minimum absolute atomic E-state index is 0.244. The van der Waals surface area contributed by atoms with E-state index in [2.05, 4.69) is 43.5 Å². The summed E-state index contributed by atoms with van der Waals surface area (Å²) in [6, 6.07) is 25.0. The topological polar surface area (TPSA) is 90.3 Å². The van der Waals surface area contributed by atoms with Crippen molar-refractivity contribution in [3.05, 3.63) is 134 Å². The van der Waals surface area contributed by atoms with Gasteiger partial charge in [-0.05, 0) is 104 Å². The van der Waals surface area contributed by atoms with Crippen molar-refractivity contribution in [2.24, 2.45) is 0 Å². The first kappa shape index (κ1) is 33.2. The Morgan fingerprint density at radius 3 is 2.48 bits per heavy atom. The molecule has 1 amide bonds. The number of benzene rings is 4. The summed E-state index contributed by atoms with van der Waals surface area (Å²) in [5, 5.41) is 12.6. The fourth-order valence-electron chi connectivity index (χ4n) is 5.78. The van der Waals surface area contributed by atoms with Gasteiger partial charge in [0, 0.05) is 22.2 Å². The monoisotopic (exact) mass is 679 g/mol. The third-order valence-electron chi connectivity index (χ3n) is 8.51. The van der Waals surface area contributed by atoms with Crippen molar-refractivity contribution in [1.82, 2.24) is 14.8 Å². The molecule has 0 fully saturated rings. The summed E-state index contributed by atoms with van der Waals surface area (Å²) in [7, 11) is 1.62. The second-order valence-corrected chi connectivity index (χ2v) is 13.3. The summed E-state index contributed by atoms with van der Waals surface area (Å²) in [5.41, 5.74) is 9.50. The standard InChI is InChI=1S/C38H38ClN5O3S/c1-22-10-9-12-30(16-22)41-36(45)34-26(5)40-37-42-38(48-21-28-11-7-8-13-31(28)39)43-44(37)35(34)27-14-15-32(33(19-27)46-6)47-20-29-18-24(3)23(2)17-25(29)4/h7-19,35H,20-21H2,1-6H3,(H,41,45)(H,40,42,43). The Morgan fingerprint density at radius 2 is 1.71 bits per heavy atom. The molecule has 0 aliphatic carbocycles. The second kappa shape index (κ2) is 14.2. The number of carbonyl (C=O) groups is 1. The molecule has 2 N–H and O–H groups in total. The number of aryl methyl sites for hydroxylation is 4. The van der Waals surface area contributed by atoms with Gasteiger partial charge in [-0.25, -0.2) is 4.68 Å². The lowest BCUT2D eigenvalue weighted by molar-refractivity contribution is -0.113. The average molecular weight is 680 g/mol. The lowest BCUT2D eigenvalue weighted by Crippen LogP contribution is -2.31. The highest BCUT2D eigenvalue weighted by Crippen LogP contribution is 2.40. The van der Waals surface area contributed by atoms with Gasteiger partial charge in [-0.3, -0.25) is 4.79 Å². The molecule has 1 atom stereocenters. The number of carbonyl (C=O) groups excluding carboxylic acids is 1. The van der Waals surface area contributed by atoms with Crippen LogP contribution in [0.1, 0.15) is 51.9 Å². The smallest absolute Gasteiger partial charge is 0.255 e. The fourth-order valence-corrected chi connectivity index (χ4v) is 6.89. The van der Waals surface area contributed by atoms with Crippen molar-refractivity contribution in [1.29, 1.82) is 0 Å². The molecule has 0 bridgehead atoms. The van der Waals surface area contributed by atoms with E-state index >= 15 is 0 Å². The Hall–Kier alpha value is -4.73. The van der Waals surface area contributed by atoms with E-state index in [1.54, 1.807) is 11.8 Å². The van der Waals surface area contributed by atoms with Gasteiger partial charge in [-0.15, -0.1) is 5.10 Å². The Morgan fingerprint density at radius 1 is 0.917 bits per heavy atom. The summed E-state index contributed by atoms with van der Waals surface area (Å²) < 4.78 is 13.9. The van der Waals surface area contributed by atoms with Crippen LogP contribution in [0, 0.1) is 27.7 Å². The van der Waals surface area contributed by atoms with Crippen LogP contribution in [0.5, 0.6) is 11.5 Å². The summed E-state index contributed by atoms with van der Waals surface area (Å²) >= 11 is 7.90. The van der Waals surface area contributed by atoms with E-state index in [4.69, 9.17) is 31.2 Å². The lowest BCUT2D eigenvalue weighted by Gasteiger charge is -2.29. The number of hydrogen-bond acceptors (Lipinski definition) is 7. The van der Waals surface area contributed by atoms with Crippen LogP contribution >= 0.6 is 23.4 Å².